The standard InChI is InChI=1S/C22H22N2O6S/c1-3-29-21(27)15-9-10-17-18(13-15)31-22(24(17)14-20(26)28-2)23-19(25)11-12-30-16-7-5-4-6-8-16/h4-10,13H,3,11-12,14H2,1-2H3. The summed E-state index contributed by atoms with van der Waals surface area (Å²) in [6.45, 7) is 2.07. The van der Waals surface area contributed by atoms with Crippen LogP contribution in [0.5, 0.6) is 5.75 Å². The Hall–Kier alpha value is -3.46. The van der Waals surface area contributed by atoms with Crippen molar-refractivity contribution in [1.29, 1.82) is 0 Å². The molecule has 0 atom stereocenters. The van der Waals surface area contributed by atoms with Crippen LogP contribution in [0, 0.1) is 0 Å². The molecule has 0 aliphatic carbocycles. The number of fused-ring (bicyclic) bond motifs is 1. The fraction of sp³-hybridized carbons (Fsp3) is 0.273. The lowest BCUT2D eigenvalue weighted by atomic mass is 10.2. The summed E-state index contributed by atoms with van der Waals surface area (Å²) in [6.07, 6.45) is 0.0788. The van der Waals surface area contributed by atoms with E-state index in [9.17, 15) is 14.4 Å². The van der Waals surface area contributed by atoms with Gasteiger partial charge < -0.3 is 18.8 Å². The van der Waals surface area contributed by atoms with E-state index in [1.54, 1.807) is 41.8 Å². The van der Waals surface area contributed by atoms with Crippen LogP contribution < -0.4 is 9.54 Å². The zero-order valence-electron chi connectivity index (χ0n) is 17.2. The molecule has 31 heavy (non-hydrogen) atoms. The second kappa shape index (κ2) is 10.5. The minimum absolute atomic E-state index is 0.0788. The van der Waals surface area contributed by atoms with Crippen molar-refractivity contribution in [3.05, 3.63) is 58.9 Å². The molecule has 3 aromatic rings. The fourth-order valence-corrected chi connectivity index (χ4v) is 3.87. The largest absolute Gasteiger partial charge is 0.493 e. The molecule has 0 radical (unpaired) electrons. The second-order valence-electron chi connectivity index (χ2n) is 6.37. The molecular weight excluding hydrogens is 420 g/mol. The number of amides is 1. The summed E-state index contributed by atoms with van der Waals surface area (Å²) in [7, 11) is 1.29. The summed E-state index contributed by atoms with van der Waals surface area (Å²) in [4.78, 5) is 40.8. The summed E-state index contributed by atoms with van der Waals surface area (Å²) in [5, 5.41) is 0. The van der Waals surface area contributed by atoms with Crippen molar-refractivity contribution in [2.45, 2.75) is 19.9 Å². The number of hydrogen-bond donors (Lipinski definition) is 0. The van der Waals surface area contributed by atoms with Gasteiger partial charge in [0.15, 0.2) is 4.80 Å². The van der Waals surface area contributed by atoms with Gasteiger partial charge in [-0.15, -0.1) is 0 Å². The van der Waals surface area contributed by atoms with E-state index >= 15 is 0 Å². The molecule has 8 nitrogen and oxygen atoms in total. The molecule has 0 bridgehead atoms. The molecule has 0 unspecified atom stereocenters. The Morgan fingerprint density at radius 3 is 2.58 bits per heavy atom. The molecule has 0 aliphatic rings. The summed E-state index contributed by atoms with van der Waals surface area (Å²) in [5.41, 5.74) is 1.05. The van der Waals surface area contributed by atoms with Gasteiger partial charge >= 0.3 is 11.9 Å². The number of thiazole rings is 1. The topological polar surface area (TPSA) is 96.2 Å². The quantitative estimate of drug-likeness (QED) is 0.498. The number of para-hydroxylation sites is 1. The maximum atomic E-state index is 12.4. The first-order valence-corrected chi connectivity index (χ1v) is 10.5. The van der Waals surface area contributed by atoms with Crippen molar-refractivity contribution in [2.24, 2.45) is 4.99 Å². The maximum Gasteiger partial charge on any atom is 0.338 e. The highest BCUT2D eigenvalue weighted by Crippen LogP contribution is 2.20. The van der Waals surface area contributed by atoms with E-state index < -0.39 is 11.9 Å². The lowest BCUT2D eigenvalue weighted by Crippen LogP contribution is -2.22. The van der Waals surface area contributed by atoms with Crippen LogP contribution in [0.25, 0.3) is 10.2 Å². The van der Waals surface area contributed by atoms with Gasteiger partial charge in [-0.05, 0) is 37.3 Å². The van der Waals surface area contributed by atoms with Crippen molar-refractivity contribution >= 4 is 39.4 Å². The highest BCUT2D eigenvalue weighted by molar-refractivity contribution is 7.16. The van der Waals surface area contributed by atoms with E-state index in [2.05, 4.69) is 4.99 Å². The first-order chi connectivity index (χ1) is 15.0. The van der Waals surface area contributed by atoms with Gasteiger partial charge in [0.1, 0.15) is 12.3 Å². The molecule has 0 aliphatic heterocycles. The lowest BCUT2D eigenvalue weighted by molar-refractivity contribution is -0.141. The Labute approximate surface area is 182 Å². The van der Waals surface area contributed by atoms with Crippen LogP contribution in [-0.2, 0) is 25.6 Å². The number of ether oxygens (including phenoxy) is 3. The van der Waals surface area contributed by atoms with Crippen LogP contribution in [-0.4, -0.2) is 42.7 Å². The molecule has 0 spiro atoms. The average molecular weight is 442 g/mol. The van der Waals surface area contributed by atoms with Crippen LogP contribution in [0.4, 0.5) is 0 Å². The van der Waals surface area contributed by atoms with E-state index in [4.69, 9.17) is 14.2 Å². The molecule has 1 amide bonds. The summed E-state index contributed by atoms with van der Waals surface area (Å²) < 4.78 is 17.6. The van der Waals surface area contributed by atoms with Gasteiger partial charge in [-0.2, -0.15) is 4.99 Å². The predicted molar refractivity (Wildman–Crippen MR) is 115 cm³/mol. The molecule has 0 saturated heterocycles. The van der Waals surface area contributed by atoms with Gasteiger partial charge in [0.05, 0.1) is 42.5 Å². The summed E-state index contributed by atoms with van der Waals surface area (Å²) >= 11 is 1.20. The lowest BCUT2D eigenvalue weighted by Gasteiger charge is -2.05. The molecule has 2 aromatic carbocycles. The first kappa shape index (κ1) is 22.2. The Kier molecular flexibility index (Phi) is 7.55. The van der Waals surface area contributed by atoms with Crippen LogP contribution in [0.3, 0.4) is 0 Å². The maximum absolute atomic E-state index is 12.4. The number of aromatic nitrogens is 1. The highest BCUT2D eigenvalue weighted by Gasteiger charge is 2.15. The van der Waals surface area contributed by atoms with Crippen molar-refractivity contribution in [1.82, 2.24) is 4.57 Å². The van der Waals surface area contributed by atoms with Gasteiger partial charge in [0.25, 0.3) is 5.91 Å². The zero-order chi connectivity index (χ0) is 22.2. The number of benzene rings is 2. The third-order valence-electron chi connectivity index (χ3n) is 4.26. The van der Waals surface area contributed by atoms with Crippen LogP contribution in [0.2, 0.25) is 0 Å². The molecule has 0 fully saturated rings. The van der Waals surface area contributed by atoms with E-state index in [0.717, 1.165) is 0 Å². The van der Waals surface area contributed by atoms with Gasteiger partial charge in [-0.3, -0.25) is 9.59 Å². The number of hydrogen-bond acceptors (Lipinski definition) is 7. The average Bonchev–Trinajstić information content (AvgIpc) is 3.10. The molecule has 0 saturated carbocycles. The molecule has 1 heterocycles. The molecule has 1 aromatic heterocycles. The minimum atomic E-state index is -0.476. The number of rotatable bonds is 8. The van der Waals surface area contributed by atoms with Crippen LogP contribution in [0.15, 0.2) is 53.5 Å². The third-order valence-corrected chi connectivity index (χ3v) is 5.30. The third kappa shape index (κ3) is 5.79. The van der Waals surface area contributed by atoms with Gasteiger partial charge in [0.2, 0.25) is 0 Å². The van der Waals surface area contributed by atoms with E-state index in [-0.39, 0.29) is 32.1 Å². The monoisotopic (exact) mass is 442 g/mol. The predicted octanol–water partition coefficient (Wildman–Crippen LogP) is 2.95. The Morgan fingerprint density at radius 2 is 1.87 bits per heavy atom. The van der Waals surface area contributed by atoms with Gasteiger partial charge in [0, 0.05) is 0 Å². The number of carbonyl (C=O) groups is 3. The number of carbonyl (C=O) groups excluding carboxylic acids is 3. The minimum Gasteiger partial charge on any atom is -0.493 e. The van der Waals surface area contributed by atoms with Crippen LogP contribution >= 0.6 is 11.3 Å². The smallest absolute Gasteiger partial charge is 0.338 e. The Morgan fingerprint density at radius 1 is 1.10 bits per heavy atom. The molecular formula is C22H22N2O6S. The normalized spacial score (nSPS) is 11.4. The van der Waals surface area contributed by atoms with Crippen molar-refractivity contribution < 1.29 is 28.6 Å². The van der Waals surface area contributed by atoms with Gasteiger partial charge in [-0.1, -0.05) is 29.5 Å². The van der Waals surface area contributed by atoms with E-state index in [0.29, 0.717) is 26.3 Å². The fourth-order valence-electron chi connectivity index (χ4n) is 2.78. The first-order valence-electron chi connectivity index (χ1n) is 9.64. The van der Waals surface area contributed by atoms with Crippen molar-refractivity contribution in [3.63, 3.8) is 0 Å². The Balaban J connectivity index is 1.87. The SMILES string of the molecule is CCOC(=O)c1ccc2c(c1)sc(=NC(=O)CCOc1ccccc1)n2CC(=O)OC. The van der Waals surface area contributed by atoms with Crippen molar-refractivity contribution in [3.8, 4) is 5.75 Å². The zero-order valence-corrected chi connectivity index (χ0v) is 18.0. The van der Waals surface area contributed by atoms with E-state index in [1.165, 1.54) is 18.4 Å². The summed E-state index contributed by atoms with van der Waals surface area (Å²) in [5.74, 6) is -0.628. The van der Waals surface area contributed by atoms with Crippen LogP contribution in [0.1, 0.15) is 23.7 Å². The van der Waals surface area contributed by atoms with Crippen molar-refractivity contribution in [2.75, 3.05) is 20.3 Å². The molecule has 9 heteroatoms. The number of methoxy groups -OCH3 is 1. The van der Waals surface area contributed by atoms with E-state index in [1.807, 2.05) is 18.2 Å². The number of esters is 2. The molecule has 3 rings (SSSR count). The molecule has 162 valence electrons. The second-order valence-corrected chi connectivity index (χ2v) is 7.38. The Bertz CT molecular complexity index is 1150. The highest BCUT2D eigenvalue weighted by atomic mass is 32.1. The number of nitrogens with zero attached hydrogens (tertiary/aromatic N) is 2. The molecule has 0 N–H and O–H groups in total. The van der Waals surface area contributed by atoms with Gasteiger partial charge in [-0.25, -0.2) is 4.79 Å². The summed E-state index contributed by atoms with van der Waals surface area (Å²) in [6, 6.07) is 14.1.